The van der Waals surface area contributed by atoms with Crippen molar-refractivity contribution in [2.24, 2.45) is 0 Å². The lowest BCUT2D eigenvalue weighted by Crippen LogP contribution is -2.10. The molecule has 10 heteroatoms. The first kappa shape index (κ1) is 21.1. The molecule has 0 saturated heterocycles. The second kappa shape index (κ2) is 8.73. The number of fused-ring (bicyclic) bond motifs is 2. The fraction of sp³-hybridized carbons (Fsp3) is 0.120. The van der Waals surface area contributed by atoms with E-state index in [4.69, 9.17) is 9.97 Å². The van der Waals surface area contributed by atoms with Crippen molar-refractivity contribution in [1.82, 2.24) is 35.1 Å². The van der Waals surface area contributed by atoms with E-state index in [0.717, 1.165) is 44.8 Å². The molecule has 0 aliphatic rings. The first-order chi connectivity index (χ1) is 17.2. The molecule has 6 heterocycles. The molecule has 0 radical (unpaired) electrons. The van der Waals surface area contributed by atoms with Crippen molar-refractivity contribution in [2.75, 3.05) is 5.32 Å². The molecule has 9 nitrogen and oxygen atoms in total. The van der Waals surface area contributed by atoms with Gasteiger partial charge in [-0.15, -0.1) is 11.3 Å². The highest BCUT2D eigenvalue weighted by atomic mass is 32.1. The Balaban J connectivity index is 1.40. The van der Waals surface area contributed by atoms with Crippen LogP contribution in [0.25, 0.3) is 55.4 Å². The topological polar surface area (TPSA) is 125 Å². The van der Waals surface area contributed by atoms with E-state index in [0.29, 0.717) is 29.1 Å². The Hall–Kier alpha value is -4.44. The highest BCUT2D eigenvalue weighted by Gasteiger charge is 2.18. The quantitative estimate of drug-likeness (QED) is 0.292. The van der Waals surface area contributed by atoms with Crippen molar-refractivity contribution in [1.29, 1.82) is 0 Å². The Morgan fingerprint density at radius 3 is 2.83 bits per heavy atom. The Morgan fingerprint density at radius 1 is 1.06 bits per heavy atom. The fourth-order valence-corrected chi connectivity index (χ4v) is 4.69. The third kappa shape index (κ3) is 3.93. The number of nitrogens with zero attached hydrogens (tertiary/aromatic N) is 5. The van der Waals surface area contributed by atoms with Crippen molar-refractivity contribution >= 4 is 45.0 Å². The van der Waals surface area contributed by atoms with Gasteiger partial charge >= 0.3 is 0 Å². The lowest BCUT2D eigenvalue weighted by molar-refractivity contribution is -0.116. The molecule has 0 aliphatic carbocycles. The van der Waals surface area contributed by atoms with E-state index in [-0.39, 0.29) is 5.91 Å². The second-order valence-corrected chi connectivity index (χ2v) is 8.99. The zero-order valence-corrected chi connectivity index (χ0v) is 19.6. The highest BCUT2D eigenvalue weighted by molar-refractivity contribution is 7.13. The number of H-pyrrole nitrogens is 2. The summed E-state index contributed by atoms with van der Waals surface area (Å²) < 4.78 is 0. The molecule has 172 valence electrons. The van der Waals surface area contributed by atoms with Gasteiger partial charge in [0.2, 0.25) is 5.91 Å². The number of aromatic amines is 2. The SMILES string of the molecule is CCCC(=O)Nc1cncc(-c2ccc3[nH]nc(-c4nc5c(-c6cccs6)nccc5[nH]4)c3n2)c1. The van der Waals surface area contributed by atoms with Gasteiger partial charge in [-0.2, -0.15) is 5.10 Å². The summed E-state index contributed by atoms with van der Waals surface area (Å²) in [4.78, 5) is 34.9. The summed E-state index contributed by atoms with van der Waals surface area (Å²) in [5, 5.41) is 12.4. The number of pyridine rings is 3. The minimum atomic E-state index is -0.0340. The number of rotatable bonds is 6. The van der Waals surface area contributed by atoms with E-state index in [9.17, 15) is 4.79 Å². The second-order valence-electron chi connectivity index (χ2n) is 8.04. The summed E-state index contributed by atoms with van der Waals surface area (Å²) in [7, 11) is 0. The lowest BCUT2D eigenvalue weighted by atomic mass is 10.1. The average molecular weight is 481 g/mol. The van der Waals surface area contributed by atoms with Crippen molar-refractivity contribution < 1.29 is 4.79 Å². The third-order valence-corrected chi connectivity index (χ3v) is 6.46. The van der Waals surface area contributed by atoms with Crippen LogP contribution in [0.1, 0.15) is 19.8 Å². The molecule has 0 aromatic carbocycles. The van der Waals surface area contributed by atoms with Crippen molar-refractivity contribution in [3.8, 4) is 33.3 Å². The maximum absolute atomic E-state index is 12.0. The molecule has 0 spiro atoms. The first-order valence-corrected chi connectivity index (χ1v) is 12.1. The van der Waals surface area contributed by atoms with E-state index in [1.54, 1.807) is 29.9 Å². The maximum Gasteiger partial charge on any atom is 0.224 e. The molecule has 6 aromatic heterocycles. The van der Waals surface area contributed by atoms with Gasteiger partial charge in [0.25, 0.3) is 0 Å². The molecule has 6 rings (SSSR count). The highest BCUT2D eigenvalue weighted by Crippen LogP contribution is 2.32. The number of carbonyl (C=O) groups excluding carboxylic acids is 1. The average Bonchev–Trinajstić information content (AvgIpc) is 3.63. The molecular weight excluding hydrogens is 460 g/mol. The summed E-state index contributed by atoms with van der Waals surface area (Å²) >= 11 is 1.62. The van der Waals surface area contributed by atoms with Crippen LogP contribution in [0.15, 0.2) is 60.4 Å². The third-order valence-electron chi connectivity index (χ3n) is 5.58. The van der Waals surface area contributed by atoms with E-state index >= 15 is 0 Å². The predicted molar refractivity (Wildman–Crippen MR) is 137 cm³/mol. The normalized spacial score (nSPS) is 11.3. The van der Waals surface area contributed by atoms with Gasteiger partial charge in [0.1, 0.15) is 16.7 Å². The van der Waals surface area contributed by atoms with Crippen LogP contribution in [-0.4, -0.2) is 41.0 Å². The van der Waals surface area contributed by atoms with Crippen LogP contribution in [0.3, 0.4) is 0 Å². The van der Waals surface area contributed by atoms with E-state index in [2.05, 4.69) is 30.5 Å². The van der Waals surface area contributed by atoms with Crippen LogP contribution in [0.2, 0.25) is 0 Å². The van der Waals surface area contributed by atoms with Gasteiger partial charge < -0.3 is 10.3 Å². The summed E-state index contributed by atoms with van der Waals surface area (Å²) in [6, 6.07) is 11.6. The monoisotopic (exact) mass is 480 g/mol. The maximum atomic E-state index is 12.0. The van der Waals surface area contributed by atoms with Gasteiger partial charge in [-0.1, -0.05) is 13.0 Å². The van der Waals surface area contributed by atoms with Crippen molar-refractivity contribution in [3.05, 3.63) is 60.4 Å². The van der Waals surface area contributed by atoms with Crippen LogP contribution in [0.5, 0.6) is 0 Å². The minimum Gasteiger partial charge on any atom is -0.336 e. The van der Waals surface area contributed by atoms with Gasteiger partial charge in [0.05, 0.1) is 33.5 Å². The van der Waals surface area contributed by atoms with Crippen LogP contribution >= 0.6 is 11.3 Å². The first-order valence-electron chi connectivity index (χ1n) is 11.2. The molecule has 0 unspecified atom stereocenters. The summed E-state index contributed by atoms with van der Waals surface area (Å²) in [5.74, 6) is 0.577. The van der Waals surface area contributed by atoms with Crippen LogP contribution in [0.4, 0.5) is 5.69 Å². The molecule has 0 bridgehead atoms. The Labute approximate surface area is 203 Å². The molecular formula is C25H20N8OS. The Bertz CT molecular complexity index is 1670. The largest absolute Gasteiger partial charge is 0.336 e. The molecule has 3 N–H and O–H groups in total. The number of hydrogen-bond acceptors (Lipinski definition) is 7. The molecule has 35 heavy (non-hydrogen) atoms. The predicted octanol–water partition coefficient (Wildman–Crippen LogP) is 5.43. The van der Waals surface area contributed by atoms with Gasteiger partial charge in [-0.25, -0.2) is 9.97 Å². The van der Waals surface area contributed by atoms with Gasteiger partial charge in [0, 0.05) is 24.4 Å². The number of hydrogen-bond donors (Lipinski definition) is 3. The molecule has 0 fully saturated rings. The van der Waals surface area contributed by atoms with E-state index < -0.39 is 0 Å². The van der Waals surface area contributed by atoms with Crippen LogP contribution < -0.4 is 5.32 Å². The number of aromatic nitrogens is 7. The number of anilines is 1. The zero-order chi connectivity index (χ0) is 23.8. The van der Waals surface area contributed by atoms with Crippen LogP contribution in [-0.2, 0) is 4.79 Å². The number of amides is 1. The van der Waals surface area contributed by atoms with Gasteiger partial charge in [-0.3, -0.25) is 19.9 Å². The number of imidazole rings is 1. The summed E-state index contributed by atoms with van der Waals surface area (Å²) in [5.41, 5.74) is 6.76. The number of carbonyl (C=O) groups is 1. The zero-order valence-electron chi connectivity index (χ0n) is 18.7. The number of thiophene rings is 1. The summed E-state index contributed by atoms with van der Waals surface area (Å²) in [6.45, 7) is 1.97. The molecule has 6 aromatic rings. The smallest absolute Gasteiger partial charge is 0.224 e. The van der Waals surface area contributed by atoms with E-state index in [1.165, 1.54) is 0 Å². The molecule has 0 atom stereocenters. The van der Waals surface area contributed by atoms with Crippen LogP contribution in [0, 0.1) is 0 Å². The van der Waals surface area contributed by atoms with Crippen molar-refractivity contribution in [2.45, 2.75) is 19.8 Å². The summed E-state index contributed by atoms with van der Waals surface area (Å²) in [6.07, 6.45) is 6.38. The molecule has 1 amide bonds. The molecule has 0 saturated carbocycles. The standard InChI is InChI=1S/C25H20N8OS/c1-2-4-20(34)28-15-11-14(12-26-13-15)16-6-7-18-22(29-16)24(33-32-18)25-30-17-8-9-27-23(21(17)31-25)19-5-3-10-35-19/h3,5-13H,2,4H2,1H3,(H,28,34)(H,30,31)(H,32,33). The minimum absolute atomic E-state index is 0.0340. The lowest BCUT2D eigenvalue weighted by Gasteiger charge is -2.06. The fourth-order valence-electron chi connectivity index (χ4n) is 3.96. The Kier molecular flexibility index (Phi) is 5.27. The molecule has 0 aliphatic heterocycles. The van der Waals surface area contributed by atoms with Crippen molar-refractivity contribution in [3.63, 3.8) is 0 Å². The van der Waals surface area contributed by atoms with Gasteiger partial charge in [0.15, 0.2) is 11.5 Å². The van der Waals surface area contributed by atoms with E-state index in [1.807, 2.05) is 48.7 Å². The Morgan fingerprint density at radius 2 is 1.97 bits per heavy atom. The van der Waals surface area contributed by atoms with Gasteiger partial charge in [-0.05, 0) is 42.1 Å². The number of nitrogens with one attached hydrogen (secondary N) is 3.